The summed E-state index contributed by atoms with van der Waals surface area (Å²) in [5.74, 6) is 0.922. The van der Waals surface area contributed by atoms with Crippen LogP contribution in [0, 0.1) is 0 Å². The lowest BCUT2D eigenvalue weighted by molar-refractivity contribution is 0.498. The molecule has 24 heavy (non-hydrogen) atoms. The highest BCUT2D eigenvalue weighted by molar-refractivity contribution is 5.37. The summed E-state index contributed by atoms with van der Waals surface area (Å²) in [6, 6.07) is 9.05. The summed E-state index contributed by atoms with van der Waals surface area (Å²) in [6.07, 6.45) is 3.96. The maximum Gasteiger partial charge on any atom is 0.133 e. The zero-order valence-electron chi connectivity index (χ0n) is 15.6. The van der Waals surface area contributed by atoms with Crippen LogP contribution in [-0.2, 0) is 30.2 Å². The minimum Gasteiger partial charge on any atom is -0.312 e. The number of fused-ring (bicyclic) bond motifs is 1. The van der Waals surface area contributed by atoms with Gasteiger partial charge in [0.15, 0.2) is 0 Å². The number of hydrogen-bond donors (Lipinski definition) is 1. The highest BCUT2D eigenvalue weighted by Gasteiger charge is 2.25. The molecule has 1 N–H and O–H groups in total. The third-order valence-electron chi connectivity index (χ3n) is 4.88. The Morgan fingerprint density at radius 1 is 1.04 bits per heavy atom. The largest absolute Gasteiger partial charge is 0.312 e. The van der Waals surface area contributed by atoms with Gasteiger partial charge >= 0.3 is 0 Å². The third-order valence-corrected chi connectivity index (χ3v) is 4.88. The third kappa shape index (κ3) is 3.67. The predicted molar refractivity (Wildman–Crippen MR) is 99.3 cm³/mol. The standard InChI is InChI=1S/C21H29N3/c1-20(2,3)19-23-11-9-18(24-19)13-21(4,5)17-7-6-15-8-10-22-14-16(15)12-17/h6-7,9,11-12,22H,8,10,13-14H2,1-5H3. The smallest absolute Gasteiger partial charge is 0.133 e. The molecule has 2 heterocycles. The van der Waals surface area contributed by atoms with Crippen LogP contribution in [0.3, 0.4) is 0 Å². The van der Waals surface area contributed by atoms with Gasteiger partial charge in [-0.15, -0.1) is 0 Å². The first-order chi connectivity index (χ1) is 11.3. The molecule has 1 aromatic heterocycles. The Bertz CT molecular complexity index is 726. The molecule has 0 amide bonds. The number of nitrogens with one attached hydrogen (secondary N) is 1. The van der Waals surface area contributed by atoms with E-state index in [1.807, 2.05) is 6.20 Å². The molecule has 0 aliphatic carbocycles. The Kier molecular flexibility index (Phi) is 4.48. The van der Waals surface area contributed by atoms with Crippen molar-refractivity contribution in [2.45, 2.75) is 64.8 Å². The molecule has 0 saturated carbocycles. The molecule has 1 aromatic carbocycles. The second-order valence-electron chi connectivity index (χ2n) is 8.59. The lowest BCUT2D eigenvalue weighted by Crippen LogP contribution is -2.26. The van der Waals surface area contributed by atoms with Gasteiger partial charge in [-0.3, -0.25) is 0 Å². The number of rotatable bonds is 3. The van der Waals surface area contributed by atoms with Gasteiger partial charge < -0.3 is 5.32 Å². The molecule has 3 heteroatoms. The molecule has 0 spiro atoms. The molecule has 3 rings (SSSR count). The molecule has 0 bridgehead atoms. The maximum atomic E-state index is 4.82. The average Bonchev–Trinajstić information content (AvgIpc) is 2.53. The minimum atomic E-state index is -0.0162. The highest BCUT2D eigenvalue weighted by atomic mass is 14.9. The van der Waals surface area contributed by atoms with E-state index in [0.717, 1.165) is 37.4 Å². The van der Waals surface area contributed by atoms with Crippen molar-refractivity contribution in [2.75, 3.05) is 6.54 Å². The lowest BCUT2D eigenvalue weighted by atomic mass is 9.79. The van der Waals surface area contributed by atoms with Crippen molar-refractivity contribution in [3.63, 3.8) is 0 Å². The van der Waals surface area contributed by atoms with Gasteiger partial charge in [0.25, 0.3) is 0 Å². The van der Waals surface area contributed by atoms with E-state index < -0.39 is 0 Å². The van der Waals surface area contributed by atoms with Gasteiger partial charge in [-0.05, 0) is 47.6 Å². The Labute approximate surface area is 145 Å². The van der Waals surface area contributed by atoms with Crippen molar-refractivity contribution < 1.29 is 0 Å². The fourth-order valence-corrected chi connectivity index (χ4v) is 3.31. The Morgan fingerprint density at radius 3 is 2.58 bits per heavy atom. The van der Waals surface area contributed by atoms with Crippen molar-refractivity contribution >= 4 is 0 Å². The summed E-state index contributed by atoms with van der Waals surface area (Å²) >= 11 is 0. The van der Waals surface area contributed by atoms with Gasteiger partial charge in [0.05, 0.1) is 0 Å². The van der Waals surface area contributed by atoms with E-state index in [4.69, 9.17) is 4.98 Å². The molecule has 1 aliphatic rings. The van der Waals surface area contributed by atoms with Crippen molar-refractivity contribution in [1.82, 2.24) is 15.3 Å². The van der Waals surface area contributed by atoms with Crippen LogP contribution in [0.5, 0.6) is 0 Å². The van der Waals surface area contributed by atoms with Crippen LogP contribution in [0.1, 0.15) is 62.8 Å². The summed E-state index contributed by atoms with van der Waals surface area (Å²) in [5, 5.41) is 3.47. The Hall–Kier alpha value is -1.74. The first-order valence-corrected chi connectivity index (χ1v) is 8.91. The Balaban J connectivity index is 1.86. The van der Waals surface area contributed by atoms with E-state index in [1.165, 1.54) is 16.7 Å². The normalized spacial score (nSPS) is 15.2. The topological polar surface area (TPSA) is 37.8 Å². The average molecular weight is 323 g/mol. The minimum absolute atomic E-state index is 0.0162. The van der Waals surface area contributed by atoms with Crippen LogP contribution in [0.25, 0.3) is 0 Å². The van der Waals surface area contributed by atoms with E-state index in [-0.39, 0.29) is 10.8 Å². The van der Waals surface area contributed by atoms with Crippen molar-refractivity contribution in [1.29, 1.82) is 0 Å². The molecule has 0 unspecified atom stereocenters. The van der Waals surface area contributed by atoms with E-state index in [9.17, 15) is 0 Å². The van der Waals surface area contributed by atoms with Gasteiger partial charge in [0.1, 0.15) is 5.82 Å². The fraction of sp³-hybridized carbons (Fsp3) is 0.524. The number of nitrogens with zero attached hydrogens (tertiary/aromatic N) is 2. The molecule has 0 fully saturated rings. The maximum absolute atomic E-state index is 4.82. The van der Waals surface area contributed by atoms with Crippen LogP contribution in [-0.4, -0.2) is 16.5 Å². The molecule has 3 nitrogen and oxygen atoms in total. The SMILES string of the molecule is CC(C)(C)c1nccc(CC(C)(C)c2ccc3c(c2)CNCC3)n1. The van der Waals surface area contributed by atoms with E-state index in [1.54, 1.807) is 0 Å². The van der Waals surface area contributed by atoms with Crippen LogP contribution < -0.4 is 5.32 Å². The monoisotopic (exact) mass is 323 g/mol. The van der Waals surface area contributed by atoms with E-state index >= 15 is 0 Å². The molecule has 2 aromatic rings. The first-order valence-electron chi connectivity index (χ1n) is 8.91. The molecule has 1 aliphatic heterocycles. The van der Waals surface area contributed by atoms with Gasteiger partial charge in [-0.1, -0.05) is 52.8 Å². The van der Waals surface area contributed by atoms with Crippen LogP contribution >= 0.6 is 0 Å². The van der Waals surface area contributed by atoms with E-state index in [2.05, 4.69) is 69.2 Å². The fourth-order valence-electron chi connectivity index (χ4n) is 3.31. The van der Waals surface area contributed by atoms with Crippen LogP contribution in [0.15, 0.2) is 30.5 Å². The zero-order valence-corrected chi connectivity index (χ0v) is 15.6. The Morgan fingerprint density at radius 2 is 1.83 bits per heavy atom. The molecule has 0 saturated heterocycles. The summed E-state index contributed by atoms with van der Waals surface area (Å²) in [7, 11) is 0. The molecular formula is C21H29N3. The highest BCUT2D eigenvalue weighted by Crippen LogP contribution is 2.30. The zero-order chi connectivity index (χ0) is 17.4. The molecule has 0 atom stereocenters. The molecule has 0 radical (unpaired) electrons. The number of aromatic nitrogens is 2. The predicted octanol–water partition coefficient (Wildman–Crippen LogP) is 3.94. The van der Waals surface area contributed by atoms with Crippen LogP contribution in [0.4, 0.5) is 0 Å². The van der Waals surface area contributed by atoms with E-state index in [0.29, 0.717) is 0 Å². The van der Waals surface area contributed by atoms with Gasteiger partial charge in [-0.25, -0.2) is 9.97 Å². The lowest BCUT2D eigenvalue weighted by Gasteiger charge is -2.28. The number of hydrogen-bond acceptors (Lipinski definition) is 3. The molecular weight excluding hydrogens is 294 g/mol. The van der Waals surface area contributed by atoms with Crippen molar-refractivity contribution in [2.24, 2.45) is 0 Å². The summed E-state index contributed by atoms with van der Waals surface area (Å²) in [4.78, 5) is 9.27. The van der Waals surface area contributed by atoms with Crippen molar-refractivity contribution in [3.05, 3.63) is 58.7 Å². The second-order valence-corrected chi connectivity index (χ2v) is 8.59. The van der Waals surface area contributed by atoms with Gasteiger partial charge in [0.2, 0.25) is 0 Å². The first kappa shape index (κ1) is 17.1. The quantitative estimate of drug-likeness (QED) is 0.929. The second kappa shape index (κ2) is 6.29. The molecule has 128 valence electrons. The van der Waals surface area contributed by atoms with Gasteiger partial charge in [-0.2, -0.15) is 0 Å². The van der Waals surface area contributed by atoms with Gasteiger partial charge in [0, 0.05) is 23.9 Å². The summed E-state index contributed by atoms with van der Waals surface area (Å²) < 4.78 is 0. The summed E-state index contributed by atoms with van der Waals surface area (Å²) in [5.41, 5.74) is 5.49. The summed E-state index contributed by atoms with van der Waals surface area (Å²) in [6.45, 7) is 13.2. The van der Waals surface area contributed by atoms with Crippen LogP contribution in [0.2, 0.25) is 0 Å². The number of benzene rings is 1. The van der Waals surface area contributed by atoms with Crippen molar-refractivity contribution in [3.8, 4) is 0 Å².